The van der Waals surface area contributed by atoms with Crippen LogP contribution in [0.3, 0.4) is 0 Å². The van der Waals surface area contributed by atoms with Gasteiger partial charge in [-0.1, -0.05) is 89.9 Å². The summed E-state index contributed by atoms with van der Waals surface area (Å²) in [5.74, 6) is 2.05. The van der Waals surface area contributed by atoms with Crippen molar-refractivity contribution in [1.82, 2.24) is 26.6 Å². The molecule has 1 aliphatic carbocycles. The van der Waals surface area contributed by atoms with Crippen LogP contribution in [0.25, 0.3) is 0 Å². The number of benzene rings is 3. The molecule has 0 radical (unpaired) electrons. The van der Waals surface area contributed by atoms with Gasteiger partial charge < -0.3 is 99.9 Å². The second-order valence-corrected chi connectivity index (χ2v) is 27.0. The smallest absolute Gasteiger partial charge is 0.251 e. The molecule has 3 aromatic carbocycles. The summed E-state index contributed by atoms with van der Waals surface area (Å²) < 4.78 is 46.0. The van der Waals surface area contributed by atoms with E-state index in [2.05, 4.69) is 26.6 Å². The van der Waals surface area contributed by atoms with Crippen LogP contribution in [0.2, 0.25) is 0 Å². The molecule has 0 unspecified atom stereocenters. The molecule has 3 aromatic rings. The van der Waals surface area contributed by atoms with Crippen LogP contribution in [0, 0.1) is 0 Å². The number of hydrogen-bond acceptors (Lipinski definition) is 19. The van der Waals surface area contributed by atoms with Crippen molar-refractivity contribution in [2.24, 2.45) is 40.1 Å². The van der Waals surface area contributed by atoms with Gasteiger partial charge in [-0.3, -0.25) is 24.0 Å². The average Bonchev–Trinajstić information content (AvgIpc) is 0.829. The number of carbonyl (C=O) groups is 5. The van der Waals surface area contributed by atoms with Crippen LogP contribution < -0.4 is 99.9 Å². The summed E-state index contributed by atoms with van der Waals surface area (Å²) in [5, 5.41) is 15.7. The zero-order valence-corrected chi connectivity index (χ0v) is 62.3. The Morgan fingerprint density at radius 1 is 0.343 bits per heavy atom. The quantitative estimate of drug-likeness (QED) is 0.0185. The van der Waals surface area contributed by atoms with Crippen LogP contribution in [-0.2, 0) is 22.4 Å². The first-order chi connectivity index (χ1) is 49.9. The molecule has 0 heterocycles. The standard InChI is InChI=1S/C78H134N12O12/c1-60(92)87-42-31-33-68-71(98-45-25-11-4-18-36-81)52-62(53-72(68)99-46-26-12-5-19-37-82)77(94)89-65-56-64(88-76(93)61-50-69(96-43-23-9-2-16-34-79)67(32-30-41-86-59-91)70(51-61)97-44-24-10-3-17-35-80)57-66(58-65)90-78(95)63-54-73(100-47-27-13-6-20-38-83)75(102-49-29-15-8-22-40-85)74(55-63)101-48-28-14-7-21-39-84/h50-55,59,64-66H,2-49,56-58,79-85H2,1H3,(H,86,91)(H,87,92)(H,88,93)(H,89,94)(H,90,95)/t64-,65+,66-/m0/s1. The predicted molar refractivity (Wildman–Crippen MR) is 407 cm³/mol. The van der Waals surface area contributed by atoms with Gasteiger partial charge in [-0.2, -0.15) is 0 Å². The second kappa shape index (κ2) is 56.7. The van der Waals surface area contributed by atoms with Crippen LogP contribution in [-0.4, -0.2) is 153 Å². The van der Waals surface area contributed by atoms with E-state index in [9.17, 15) is 9.59 Å². The Morgan fingerprint density at radius 3 is 0.853 bits per heavy atom. The number of nitrogens with one attached hydrogen (secondary N) is 5. The third-order valence-electron chi connectivity index (χ3n) is 18.1. The second-order valence-electron chi connectivity index (χ2n) is 27.0. The van der Waals surface area contributed by atoms with Crippen molar-refractivity contribution < 1.29 is 57.1 Å². The molecular weight excluding hydrogens is 1300 g/mol. The van der Waals surface area contributed by atoms with E-state index in [4.69, 9.17) is 73.3 Å². The number of unbranched alkanes of at least 4 members (excludes halogenated alkanes) is 21. The Balaban J connectivity index is 1.86. The van der Waals surface area contributed by atoms with E-state index in [0.29, 0.717) is 213 Å². The highest BCUT2D eigenvalue weighted by atomic mass is 16.5. The van der Waals surface area contributed by atoms with Crippen LogP contribution in [0.4, 0.5) is 0 Å². The lowest BCUT2D eigenvalue weighted by molar-refractivity contribution is -0.119. The lowest BCUT2D eigenvalue weighted by Crippen LogP contribution is -2.53. The minimum atomic E-state index is -0.578. The first-order valence-electron chi connectivity index (χ1n) is 39.1. The van der Waals surface area contributed by atoms with E-state index in [1.807, 2.05) is 0 Å². The van der Waals surface area contributed by atoms with E-state index in [1.165, 1.54) is 6.92 Å². The molecule has 5 amide bonds. The Hall–Kier alpha value is -6.67. The van der Waals surface area contributed by atoms with Gasteiger partial charge in [-0.25, -0.2) is 0 Å². The Morgan fingerprint density at radius 2 is 0.588 bits per heavy atom. The predicted octanol–water partition coefficient (Wildman–Crippen LogP) is 9.60. The lowest BCUT2D eigenvalue weighted by Gasteiger charge is -2.36. The van der Waals surface area contributed by atoms with Crippen molar-refractivity contribution in [2.45, 2.75) is 250 Å². The number of rotatable bonds is 64. The summed E-state index contributed by atoms with van der Waals surface area (Å²) in [4.78, 5) is 68.8. The van der Waals surface area contributed by atoms with Gasteiger partial charge >= 0.3 is 0 Å². The molecule has 24 heteroatoms. The summed E-state index contributed by atoms with van der Waals surface area (Å²) in [5.41, 5.74) is 43.3. The van der Waals surface area contributed by atoms with Gasteiger partial charge in [-0.15, -0.1) is 0 Å². The zero-order chi connectivity index (χ0) is 73.5. The van der Waals surface area contributed by atoms with Gasteiger partial charge in [0.2, 0.25) is 18.1 Å². The third-order valence-corrected chi connectivity index (χ3v) is 18.1. The molecule has 0 bridgehead atoms. The summed E-state index contributed by atoms with van der Waals surface area (Å²) in [6.45, 7) is 9.49. The largest absolute Gasteiger partial charge is 0.493 e. The van der Waals surface area contributed by atoms with Crippen molar-refractivity contribution in [3.63, 3.8) is 0 Å². The summed E-state index contributed by atoms with van der Waals surface area (Å²) in [7, 11) is 0. The molecular formula is C78H134N12O12. The van der Waals surface area contributed by atoms with Crippen molar-refractivity contribution in [3.8, 4) is 40.2 Å². The van der Waals surface area contributed by atoms with Crippen LogP contribution in [0.15, 0.2) is 36.4 Å². The third kappa shape index (κ3) is 37.2. The van der Waals surface area contributed by atoms with Crippen LogP contribution in [0.1, 0.15) is 261 Å². The highest BCUT2D eigenvalue weighted by Gasteiger charge is 2.34. The summed E-state index contributed by atoms with van der Waals surface area (Å²) in [6.07, 6.45) is 29.0. The summed E-state index contributed by atoms with van der Waals surface area (Å²) in [6, 6.07) is 8.80. The maximum atomic E-state index is 15.2. The maximum Gasteiger partial charge on any atom is 0.251 e. The van der Waals surface area contributed by atoms with Crippen LogP contribution in [0.5, 0.6) is 40.2 Å². The minimum Gasteiger partial charge on any atom is -0.493 e. The topological polar surface area (TPSA) is 392 Å². The van der Waals surface area contributed by atoms with E-state index >= 15 is 14.4 Å². The number of amides is 5. The minimum absolute atomic E-state index is 0.124. The van der Waals surface area contributed by atoms with E-state index in [0.717, 1.165) is 191 Å². The highest BCUT2D eigenvalue weighted by molar-refractivity contribution is 5.97. The molecule has 1 aliphatic rings. The molecule has 1 saturated carbocycles. The molecule has 0 aromatic heterocycles. The molecule has 24 nitrogen and oxygen atoms in total. The maximum absolute atomic E-state index is 15.2. The van der Waals surface area contributed by atoms with E-state index in [1.54, 1.807) is 36.4 Å². The highest BCUT2D eigenvalue weighted by Crippen LogP contribution is 2.41. The monoisotopic (exact) mass is 1430 g/mol. The molecule has 0 spiro atoms. The molecule has 4 rings (SSSR count). The molecule has 19 N–H and O–H groups in total. The SMILES string of the molecule is CC(=O)NCCCc1c(OCCCCCCN)cc(C(=O)N[C@@H]2C[C@H](NC(=O)c3cc(OCCCCCCN)c(CCCNC=O)c(OCCCCCCN)c3)C[C@H](NC(=O)c3cc(OCCCCCCN)c(OCCCCCCN)c(OCCCCCCN)c3)C2)cc1OCCCCCCN. The number of hydrogen-bond donors (Lipinski definition) is 12. The molecule has 0 saturated heterocycles. The fraction of sp³-hybridized carbons (Fsp3) is 0.705. The molecule has 3 atom stereocenters. The zero-order valence-electron chi connectivity index (χ0n) is 62.3. The first-order valence-corrected chi connectivity index (χ1v) is 39.1. The average molecular weight is 1430 g/mol. The van der Waals surface area contributed by atoms with Crippen molar-refractivity contribution in [2.75, 3.05) is 105 Å². The van der Waals surface area contributed by atoms with Crippen molar-refractivity contribution in [1.29, 1.82) is 0 Å². The Kier molecular flexibility index (Phi) is 48.8. The number of ether oxygens (including phenoxy) is 7. The normalized spacial score (nSPS) is 14.2. The molecule has 578 valence electrons. The molecule has 0 aliphatic heterocycles. The Labute approximate surface area is 610 Å². The van der Waals surface area contributed by atoms with Gasteiger partial charge in [-0.05, 0) is 217 Å². The van der Waals surface area contributed by atoms with Crippen molar-refractivity contribution in [3.05, 3.63) is 64.2 Å². The van der Waals surface area contributed by atoms with E-state index in [-0.39, 0.29) is 17.7 Å². The van der Waals surface area contributed by atoms with Gasteiger partial charge in [0.15, 0.2) is 11.5 Å². The lowest BCUT2D eigenvalue weighted by atomic mass is 9.86. The van der Waals surface area contributed by atoms with Gasteiger partial charge in [0.1, 0.15) is 23.0 Å². The van der Waals surface area contributed by atoms with Crippen molar-refractivity contribution >= 4 is 30.0 Å². The Bertz CT molecular complexity index is 2650. The van der Waals surface area contributed by atoms with Gasteiger partial charge in [0, 0.05) is 66.0 Å². The molecule has 1 fully saturated rings. The summed E-state index contributed by atoms with van der Waals surface area (Å²) >= 11 is 0. The fourth-order valence-electron chi connectivity index (χ4n) is 12.5. The van der Waals surface area contributed by atoms with Gasteiger partial charge in [0.25, 0.3) is 17.7 Å². The first kappa shape index (κ1) is 87.7. The fourth-order valence-corrected chi connectivity index (χ4v) is 12.5. The van der Waals surface area contributed by atoms with E-state index < -0.39 is 24.0 Å². The van der Waals surface area contributed by atoms with Crippen LogP contribution >= 0.6 is 0 Å². The number of nitrogens with two attached hydrogens (primary N) is 7. The van der Waals surface area contributed by atoms with Gasteiger partial charge in [0.05, 0.1) is 46.2 Å². The molecule has 102 heavy (non-hydrogen) atoms. The number of carbonyl (C=O) groups excluding carboxylic acids is 5.